The van der Waals surface area contributed by atoms with E-state index in [0.717, 1.165) is 0 Å². The number of hydrazone groups is 1. The Labute approximate surface area is 81.2 Å². The van der Waals surface area contributed by atoms with Crippen molar-refractivity contribution in [2.75, 3.05) is 0 Å². The van der Waals surface area contributed by atoms with E-state index in [1.165, 1.54) is 24.3 Å². The molecule has 0 saturated heterocycles. The topological polar surface area (TPSA) is 87.7 Å². The molecule has 1 amide bonds. The number of phenols is 1. The second-order valence-corrected chi connectivity index (χ2v) is 2.74. The second kappa shape index (κ2) is 4.27. The Morgan fingerprint density at radius 1 is 1.43 bits per heavy atom. The number of amides is 1. The molecule has 0 aliphatic rings. The van der Waals surface area contributed by atoms with Crippen LogP contribution in [0.4, 0.5) is 0 Å². The highest BCUT2D eigenvalue weighted by atomic mass is 16.3. The van der Waals surface area contributed by atoms with Gasteiger partial charge in [0, 0.05) is 5.56 Å². The quantitative estimate of drug-likeness (QED) is 0.361. The Morgan fingerprint density at radius 2 is 2.00 bits per heavy atom. The van der Waals surface area contributed by atoms with Crippen molar-refractivity contribution in [2.45, 2.75) is 6.92 Å². The molecule has 1 aromatic rings. The van der Waals surface area contributed by atoms with Gasteiger partial charge < -0.3 is 10.8 Å². The van der Waals surface area contributed by atoms with Gasteiger partial charge in [-0.3, -0.25) is 4.79 Å². The van der Waals surface area contributed by atoms with Crippen LogP contribution in [-0.2, 0) is 0 Å². The molecule has 74 valence electrons. The lowest BCUT2D eigenvalue weighted by Crippen LogP contribution is -2.21. The van der Waals surface area contributed by atoms with E-state index in [1.807, 2.05) is 0 Å². The number of benzene rings is 1. The maximum atomic E-state index is 11.3. The number of carbonyl (C=O) groups is 1. The maximum Gasteiger partial charge on any atom is 0.271 e. The van der Waals surface area contributed by atoms with Crippen LogP contribution >= 0.6 is 0 Å². The fraction of sp³-hybridized carbons (Fsp3) is 0.111. The van der Waals surface area contributed by atoms with E-state index in [1.54, 1.807) is 6.92 Å². The number of nitrogens with one attached hydrogen (secondary N) is 1. The average Bonchev–Trinajstić information content (AvgIpc) is 2.15. The predicted octanol–water partition coefficient (Wildman–Crippen LogP) is 0.414. The van der Waals surface area contributed by atoms with Gasteiger partial charge in [0.05, 0.1) is 0 Å². The Bertz CT molecular complexity index is 353. The largest absolute Gasteiger partial charge is 0.508 e. The zero-order chi connectivity index (χ0) is 10.6. The third kappa shape index (κ3) is 2.78. The monoisotopic (exact) mass is 193 g/mol. The molecule has 5 nitrogen and oxygen atoms in total. The third-order valence-electron chi connectivity index (χ3n) is 1.46. The van der Waals surface area contributed by atoms with Gasteiger partial charge in [-0.2, -0.15) is 5.10 Å². The highest BCUT2D eigenvalue weighted by molar-refractivity contribution is 5.94. The first kappa shape index (κ1) is 10.0. The zero-order valence-corrected chi connectivity index (χ0v) is 7.69. The van der Waals surface area contributed by atoms with Crippen LogP contribution in [0.25, 0.3) is 0 Å². The summed E-state index contributed by atoms with van der Waals surface area (Å²) in [6.45, 7) is 1.57. The summed E-state index contributed by atoms with van der Waals surface area (Å²) in [5, 5.41) is 12.5. The second-order valence-electron chi connectivity index (χ2n) is 2.74. The van der Waals surface area contributed by atoms with Crippen molar-refractivity contribution in [3.8, 4) is 5.75 Å². The molecule has 0 aliphatic carbocycles. The molecular weight excluding hydrogens is 182 g/mol. The molecule has 0 atom stereocenters. The molecule has 0 spiro atoms. The third-order valence-corrected chi connectivity index (χ3v) is 1.46. The summed E-state index contributed by atoms with van der Waals surface area (Å²) in [6, 6.07) is 5.83. The maximum absolute atomic E-state index is 11.3. The Morgan fingerprint density at radius 3 is 2.50 bits per heavy atom. The van der Waals surface area contributed by atoms with Crippen LogP contribution in [0, 0.1) is 0 Å². The molecular formula is C9H11N3O2. The number of phenolic OH excluding ortho intramolecular Hbond substituents is 1. The molecule has 0 unspecified atom stereocenters. The summed E-state index contributed by atoms with van der Waals surface area (Å²) in [5.74, 6) is 0.0204. The first-order chi connectivity index (χ1) is 6.59. The van der Waals surface area contributed by atoms with Crippen molar-refractivity contribution in [2.24, 2.45) is 10.8 Å². The van der Waals surface area contributed by atoms with Gasteiger partial charge in [0.2, 0.25) is 0 Å². The van der Waals surface area contributed by atoms with Gasteiger partial charge in [-0.1, -0.05) is 0 Å². The van der Waals surface area contributed by atoms with Crippen molar-refractivity contribution in [3.63, 3.8) is 0 Å². The Hall–Kier alpha value is -2.04. The minimum Gasteiger partial charge on any atom is -0.508 e. The van der Waals surface area contributed by atoms with E-state index < -0.39 is 0 Å². The number of hydrogen-bond acceptors (Lipinski definition) is 3. The molecule has 0 aromatic heterocycles. The summed E-state index contributed by atoms with van der Waals surface area (Å²) in [6.07, 6.45) is 0. The number of carbonyl (C=O) groups excluding carboxylic acids is 1. The number of nitrogens with zero attached hydrogens (tertiary/aromatic N) is 1. The molecule has 0 bridgehead atoms. The molecule has 4 N–H and O–H groups in total. The molecule has 0 aliphatic heterocycles. The van der Waals surface area contributed by atoms with Crippen LogP contribution in [0.2, 0.25) is 0 Å². The van der Waals surface area contributed by atoms with Crippen LogP contribution in [-0.4, -0.2) is 16.8 Å². The fourth-order valence-corrected chi connectivity index (χ4v) is 0.816. The highest BCUT2D eigenvalue weighted by Crippen LogP contribution is 2.09. The van der Waals surface area contributed by atoms with E-state index in [0.29, 0.717) is 5.56 Å². The van der Waals surface area contributed by atoms with Crippen LogP contribution in [0.1, 0.15) is 17.3 Å². The first-order valence-corrected chi connectivity index (χ1v) is 3.98. The van der Waals surface area contributed by atoms with Gasteiger partial charge in [0.1, 0.15) is 11.6 Å². The van der Waals surface area contributed by atoms with Crippen LogP contribution in [0.15, 0.2) is 29.4 Å². The lowest BCUT2D eigenvalue weighted by Gasteiger charge is -1.99. The summed E-state index contributed by atoms with van der Waals surface area (Å²) < 4.78 is 0. The van der Waals surface area contributed by atoms with E-state index in [-0.39, 0.29) is 17.5 Å². The lowest BCUT2D eigenvalue weighted by atomic mass is 10.2. The summed E-state index contributed by atoms with van der Waals surface area (Å²) >= 11 is 0. The average molecular weight is 193 g/mol. The Balaban J connectivity index is 2.70. The van der Waals surface area contributed by atoms with Gasteiger partial charge in [0.15, 0.2) is 0 Å². The van der Waals surface area contributed by atoms with Crippen LogP contribution < -0.4 is 11.2 Å². The van der Waals surface area contributed by atoms with E-state index in [9.17, 15) is 4.79 Å². The highest BCUT2D eigenvalue weighted by Gasteiger charge is 2.03. The SMILES string of the molecule is C/C(N)=N/NC(=O)c1ccc(O)cc1. The van der Waals surface area contributed by atoms with Crippen LogP contribution in [0.5, 0.6) is 5.75 Å². The molecule has 1 aromatic carbocycles. The van der Waals surface area contributed by atoms with E-state index >= 15 is 0 Å². The lowest BCUT2D eigenvalue weighted by molar-refractivity contribution is 0.0954. The van der Waals surface area contributed by atoms with Gasteiger partial charge in [0.25, 0.3) is 5.91 Å². The smallest absolute Gasteiger partial charge is 0.271 e. The molecule has 0 radical (unpaired) electrons. The number of hydrogen-bond donors (Lipinski definition) is 3. The zero-order valence-electron chi connectivity index (χ0n) is 7.69. The minimum atomic E-state index is -0.366. The predicted molar refractivity (Wildman–Crippen MR) is 52.9 cm³/mol. The fourth-order valence-electron chi connectivity index (χ4n) is 0.816. The molecule has 5 heteroatoms. The summed E-state index contributed by atoms with van der Waals surface area (Å²) in [7, 11) is 0. The molecule has 0 fully saturated rings. The normalized spacial score (nSPS) is 11.1. The van der Waals surface area contributed by atoms with Gasteiger partial charge in [-0.05, 0) is 31.2 Å². The minimum absolute atomic E-state index is 0.111. The molecule has 1 rings (SSSR count). The Kier molecular flexibility index (Phi) is 3.06. The van der Waals surface area contributed by atoms with Crippen molar-refractivity contribution in [1.82, 2.24) is 5.43 Å². The molecule has 0 saturated carbocycles. The van der Waals surface area contributed by atoms with Crippen molar-refractivity contribution in [3.05, 3.63) is 29.8 Å². The molecule has 0 heterocycles. The van der Waals surface area contributed by atoms with Crippen molar-refractivity contribution >= 4 is 11.7 Å². The first-order valence-electron chi connectivity index (χ1n) is 3.98. The van der Waals surface area contributed by atoms with Gasteiger partial charge in [-0.15, -0.1) is 0 Å². The number of amidine groups is 1. The summed E-state index contributed by atoms with van der Waals surface area (Å²) in [5.41, 5.74) is 7.91. The number of rotatable bonds is 2. The van der Waals surface area contributed by atoms with Crippen LogP contribution in [0.3, 0.4) is 0 Å². The molecule has 14 heavy (non-hydrogen) atoms. The van der Waals surface area contributed by atoms with Gasteiger partial charge in [-0.25, -0.2) is 5.43 Å². The number of nitrogens with two attached hydrogens (primary N) is 1. The van der Waals surface area contributed by atoms with E-state index in [2.05, 4.69) is 10.5 Å². The summed E-state index contributed by atoms with van der Waals surface area (Å²) in [4.78, 5) is 11.3. The van der Waals surface area contributed by atoms with E-state index in [4.69, 9.17) is 10.8 Å². The standard InChI is InChI=1S/C9H11N3O2/c1-6(10)11-12-9(14)7-2-4-8(13)5-3-7/h2-5,13H,1H3,(H2,10,11)(H,12,14). The van der Waals surface area contributed by atoms with Crippen molar-refractivity contribution < 1.29 is 9.90 Å². The van der Waals surface area contributed by atoms with Crippen molar-refractivity contribution in [1.29, 1.82) is 0 Å². The van der Waals surface area contributed by atoms with Gasteiger partial charge >= 0.3 is 0 Å². The number of aromatic hydroxyl groups is 1.